The van der Waals surface area contributed by atoms with Crippen LogP contribution in [-0.4, -0.2) is 53.5 Å². The second kappa shape index (κ2) is 13.9. The molecule has 0 amide bonds. The van der Waals surface area contributed by atoms with Gasteiger partial charge in [-0.15, -0.1) is 24.0 Å². The fraction of sp³-hybridized carbons (Fsp3) is 0.889. The number of rotatable bonds is 7. The van der Waals surface area contributed by atoms with Gasteiger partial charge in [-0.1, -0.05) is 0 Å². The third-order valence-electron chi connectivity index (χ3n) is 1.64. The number of guanidine groups is 1. The fourth-order valence-corrected chi connectivity index (χ4v) is 0.915. The smallest absolute Gasteiger partial charge is 0.191 e. The third kappa shape index (κ3) is 11.8. The Balaban J connectivity index is 0. The van der Waals surface area contributed by atoms with E-state index in [0.717, 1.165) is 32.1 Å². The number of hydrogen-bond donors (Lipinski definition) is 2. The number of aliphatic imine (C=N–C) groups is 1. The topological polar surface area (TPSA) is 54.9 Å². The van der Waals surface area contributed by atoms with Crippen LogP contribution in [0.25, 0.3) is 0 Å². The Labute approximate surface area is 109 Å². The van der Waals surface area contributed by atoms with Gasteiger partial charge in [0.15, 0.2) is 5.96 Å². The molecule has 0 aliphatic heterocycles. The zero-order valence-corrected chi connectivity index (χ0v) is 12.0. The number of nitrogens with one attached hydrogen (secondary N) is 2. The summed E-state index contributed by atoms with van der Waals surface area (Å²) in [6.45, 7) is 3.07. The van der Waals surface area contributed by atoms with Crippen molar-refractivity contribution in [2.45, 2.75) is 6.42 Å². The Morgan fingerprint density at radius 2 is 1.67 bits per heavy atom. The summed E-state index contributed by atoms with van der Waals surface area (Å²) in [6, 6.07) is 0. The molecule has 5 nitrogen and oxygen atoms in total. The van der Waals surface area contributed by atoms with Crippen molar-refractivity contribution in [3.05, 3.63) is 0 Å². The molecule has 0 radical (unpaired) electrons. The molecule has 0 aliphatic rings. The number of hydrogen-bond acceptors (Lipinski definition) is 3. The summed E-state index contributed by atoms with van der Waals surface area (Å²) in [5, 5.41) is 6.29. The average Bonchev–Trinajstić information content (AvgIpc) is 2.22. The van der Waals surface area contributed by atoms with Gasteiger partial charge in [0.2, 0.25) is 0 Å². The van der Waals surface area contributed by atoms with Crippen LogP contribution < -0.4 is 10.6 Å². The van der Waals surface area contributed by atoms with Crippen molar-refractivity contribution in [1.29, 1.82) is 0 Å². The predicted molar refractivity (Wildman–Crippen MR) is 73.1 cm³/mol. The Morgan fingerprint density at radius 3 is 2.20 bits per heavy atom. The maximum Gasteiger partial charge on any atom is 0.191 e. The summed E-state index contributed by atoms with van der Waals surface area (Å²) in [4.78, 5) is 4.06. The van der Waals surface area contributed by atoms with E-state index in [4.69, 9.17) is 9.47 Å². The lowest BCUT2D eigenvalue weighted by molar-refractivity contribution is 0.195. The molecule has 92 valence electrons. The minimum absolute atomic E-state index is 0. The maximum atomic E-state index is 4.94. The zero-order valence-electron chi connectivity index (χ0n) is 9.71. The number of methoxy groups -OCH3 is 2. The second-order valence-electron chi connectivity index (χ2n) is 2.76. The van der Waals surface area contributed by atoms with Gasteiger partial charge >= 0.3 is 0 Å². The lowest BCUT2D eigenvalue weighted by atomic mass is 10.4. The molecule has 0 saturated heterocycles. The van der Waals surface area contributed by atoms with Crippen molar-refractivity contribution < 1.29 is 9.47 Å². The Bertz CT molecular complexity index is 156. The normalized spacial score (nSPS) is 10.7. The third-order valence-corrected chi connectivity index (χ3v) is 1.64. The van der Waals surface area contributed by atoms with Gasteiger partial charge in [0, 0.05) is 41.0 Å². The molecule has 0 saturated carbocycles. The maximum absolute atomic E-state index is 4.94. The molecule has 0 aliphatic carbocycles. The SMILES string of the molecule is CN=C(NCCCOC)NCCOC.I. The standard InChI is InChI=1S/C9H21N3O2.HI/c1-10-9(12-6-8-14-3)11-5-4-7-13-2;/h4-8H2,1-3H3,(H2,10,11,12);1H. The molecular weight excluding hydrogens is 309 g/mol. The van der Waals surface area contributed by atoms with Gasteiger partial charge in [0.25, 0.3) is 0 Å². The van der Waals surface area contributed by atoms with E-state index >= 15 is 0 Å². The van der Waals surface area contributed by atoms with Crippen LogP contribution in [0.2, 0.25) is 0 Å². The molecule has 2 N–H and O–H groups in total. The predicted octanol–water partition coefficient (Wildman–Crippen LogP) is 0.452. The van der Waals surface area contributed by atoms with Crippen LogP contribution in [0.1, 0.15) is 6.42 Å². The summed E-state index contributed by atoms with van der Waals surface area (Å²) in [5.74, 6) is 0.804. The van der Waals surface area contributed by atoms with E-state index < -0.39 is 0 Å². The van der Waals surface area contributed by atoms with Gasteiger partial charge in [-0.25, -0.2) is 0 Å². The molecular formula is C9H22IN3O2. The highest BCUT2D eigenvalue weighted by atomic mass is 127. The fourth-order valence-electron chi connectivity index (χ4n) is 0.915. The highest BCUT2D eigenvalue weighted by molar-refractivity contribution is 14.0. The molecule has 0 spiro atoms. The van der Waals surface area contributed by atoms with Gasteiger partial charge in [-0.2, -0.15) is 0 Å². The van der Waals surface area contributed by atoms with Gasteiger partial charge < -0.3 is 20.1 Å². The van der Waals surface area contributed by atoms with E-state index in [-0.39, 0.29) is 24.0 Å². The molecule has 15 heavy (non-hydrogen) atoms. The van der Waals surface area contributed by atoms with Gasteiger partial charge in [-0.05, 0) is 6.42 Å². The zero-order chi connectivity index (χ0) is 10.6. The van der Waals surface area contributed by atoms with Crippen molar-refractivity contribution in [2.75, 3.05) is 47.6 Å². The average molecular weight is 331 g/mol. The summed E-state index contributed by atoms with van der Waals surface area (Å²) >= 11 is 0. The molecule has 0 aromatic heterocycles. The number of ether oxygens (including phenoxy) is 2. The van der Waals surface area contributed by atoms with Crippen LogP contribution in [0.15, 0.2) is 4.99 Å². The molecule has 0 atom stereocenters. The first kappa shape index (κ1) is 17.3. The number of halogens is 1. The van der Waals surface area contributed by atoms with Crippen LogP contribution in [0, 0.1) is 0 Å². The first-order chi connectivity index (χ1) is 6.85. The molecule has 0 heterocycles. The first-order valence-corrected chi connectivity index (χ1v) is 4.77. The molecule has 0 rings (SSSR count). The molecule has 0 unspecified atom stereocenters. The monoisotopic (exact) mass is 331 g/mol. The second-order valence-corrected chi connectivity index (χ2v) is 2.76. The van der Waals surface area contributed by atoms with Crippen LogP contribution in [0.5, 0.6) is 0 Å². The van der Waals surface area contributed by atoms with Crippen molar-refractivity contribution >= 4 is 29.9 Å². The summed E-state index contributed by atoms with van der Waals surface area (Å²) < 4.78 is 9.85. The van der Waals surface area contributed by atoms with Gasteiger partial charge in [0.05, 0.1) is 6.61 Å². The first-order valence-electron chi connectivity index (χ1n) is 4.77. The minimum Gasteiger partial charge on any atom is -0.385 e. The summed E-state index contributed by atoms with van der Waals surface area (Å²) in [7, 11) is 5.13. The van der Waals surface area contributed by atoms with Crippen molar-refractivity contribution in [2.24, 2.45) is 4.99 Å². The Morgan fingerprint density at radius 1 is 1.07 bits per heavy atom. The highest BCUT2D eigenvalue weighted by Crippen LogP contribution is 1.77. The van der Waals surface area contributed by atoms with E-state index in [2.05, 4.69) is 15.6 Å². The molecule has 6 heteroatoms. The van der Waals surface area contributed by atoms with E-state index in [1.165, 1.54) is 0 Å². The molecule has 0 bridgehead atoms. The largest absolute Gasteiger partial charge is 0.385 e. The van der Waals surface area contributed by atoms with Crippen molar-refractivity contribution in [3.63, 3.8) is 0 Å². The van der Waals surface area contributed by atoms with E-state index in [9.17, 15) is 0 Å². The van der Waals surface area contributed by atoms with Gasteiger partial charge in [0.1, 0.15) is 0 Å². The van der Waals surface area contributed by atoms with E-state index in [0.29, 0.717) is 6.61 Å². The van der Waals surface area contributed by atoms with E-state index in [1.54, 1.807) is 21.3 Å². The highest BCUT2D eigenvalue weighted by Gasteiger charge is 1.94. The summed E-state index contributed by atoms with van der Waals surface area (Å²) in [6.07, 6.45) is 0.974. The molecule has 0 aromatic carbocycles. The lowest BCUT2D eigenvalue weighted by Crippen LogP contribution is -2.39. The van der Waals surface area contributed by atoms with Crippen LogP contribution in [0.4, 0.5) is 0 Å². The Kier molecular flexibility index (Phi) is 16.1. The number of nitrogens with zero attached hydrogens (tertiary/aromatic N) is 1. The quantitative estimate of drug-likeness (QED) is 0.308. The molecule has 0 fully saturated rings. The lowest BCUT2D eigenvalue weighted by Gasteiger charge is -2.10. The minimum atomic E-state index is 0. The van der Waals surface area contributed by atoms with Crippen LogP contribution >= 0.6 is 24.0 Å². The van der Waals surface area contributed by atoms with Gasteiger partial charge in [-0.3, -0.25) is 4.99 Å². The molecule has 0 aromatic rings. The van der Waals surface area contributed by atoms with Crippen LogP contribution in [0.3, 0.4) is 0 Å². The van der Waals surface area contributed by atoms with Crippen molar-refractivity contribution in [1.82, 2.24) is 10.6 Å². The van der Waals surface area contributed by atoms with Crippen molar-refractivity contribution in [3.8, 4) is 0 Å². The Hall–Kier alpha value is -0.0800. The summed E-state index contributed by atoms with van der Waals surface area (Å²) in [5.41, 5.74) is 0. The van der Waals surface area contributed by atoms with E-state index in [1.807, 2.05) is 0 Å². The van der Waals surface area contributed by atoms with Crippen LogP contribution in [-0.2, 0) is 9.47 Å².